The largest absolute Gasteiger partial charge is 0.274 e. The van der Waals surface area contributed by atoms with Crippen molar-refractivity contribution < 1.29 is 9.59 Å². The Hall–Kier alpha value is -0.810. The van der Waals surface area contributed by atoms with Crippen molar-refractivity contribution in [3.05, 3.63) is 35.4 Å². The second-order valence-electron chi connectivity index (χ2n) is 5.64. The average Bonchev–Trinajstić information content (AvgIpc) is 2.77. The molecule has 0 bridgehead atoms. The number of amides is 2. The van der Waals surface area contributed by atoms with Gasteiger partial charge in [0.25, 0.3) is 11.8 Å². The SMILES string of the molecule is O=C1c2ccccc2C(=O)N1CCCCC(S)CCCCBr. The quantitative estimate of drug-likeness (QED) is 0.298. The van der Waals surface area contributed by atoms with E-state index in [0.29, 0.717) is 22.9 Å². The molecule has 0 aromatic heterocycles. The van der Waals surface area contributed by atoms with Gasteiger partial charge in [-0.2, -0.15) is 12.6 Å². The molecular weight excluding hydrogens is 362 g/mol. The lowest BCUT2D eigenvalue weighted by Crippen LogP contribution is -2.30. The molecule has 1 aliphatic rings. The van der Waals surface area contributed by atoms with Gasteiger partial charge in [-0.05, 0) is 37.8 Å². The number of halogens is 1. The minimum absolute atomic E-state index is 0.152. The molecule has 0 fully saturated rings. The van der Waals surface area contributed by atoms with Crippen molar-refractivity contribution in [2.45, 2.75) is 43.8 Å². The van der Waals surface area contributed by atoms with Gasteiger partial charge in [-0.25, -0.2) is 0 Å². The molecule has 1 heterocycles. The Morgan fingerprint density at radius 1 is 0.955 bits per heavy atom. The molecule has 0 saturated carbocycles. The number of unbranched alkanes of at least 4 members (excludes halogenated alkanes) is 2. The Morgan fingerprint density at radius 3 is 2.05 bits per heavy atom. The van der Waals surface area contributed by atoms with Gasteiger partial charge < -0.3 is 0 Å². The highest BCUT2D eigenvalue weighted by Crippen LogP contribution is 2.23. The van der Waals surface area contributed by atoms with Crippen LogP contribution >= 0.6 is 28.6 Å². The summed E-state index contributed by atoms with van der Waals surface area (Å²) in [6, 6.07) is 7.05. The first-order chi connectivity index (χ1) is 10.6. The summed E-state index contributed by atoms with van der Waals surface area (Å²) < 4.78 is 0. The zero-order valence-corrected chi connectivity index (χ0v) is 15.1. The minimum Gasteiger partial charge on any atom is -0.274 e. The second-order valence-corrected chi connectivity index (χ2v) is 7.17. The average molecular weight is 384 g/mol. The molecule has 1 aromatic carbocycles. The van der Waals surface area contributed by atoms with Crippen LogP contribution < -0.4 is 0 Å². The van der Waals surface area contributed by atoms with E-state index in [1.165, 1.54) is 17.7 Å². The normalized spacial score (nSPS) is 15.3. The molecule has 0 radical (unpaired) electrons. The highest BCUT2D eigenvalue weighted by atomic mass is 79.9. The van der Waals surface area contributed by atoms with Gasteiger partial charge in [0, 0.05) is 17.1 Å². The third-order valence-corrected chi connectivity index (χ3v) is 5.05. The summed E-state index contributed by atoms with van der Waals surface area (Å²) in [6.45, 7) is 0.508. The van der Waals surface area contributed by atoms with Crippen molar-refractivity contribution in [3.8, 4) is 0 Å². The molecule has 2 rings (SSSR count). The first kappa shape index (κ1) is 17.5. The molecule has 1 unspecified atom stereocenters. The predicted molar refractivity (Wildman–Crippen MR) is 96.1 cm³/mol. The fraction of sp³-hybridized carbons (Fsp3) is 0.529. The van der Waals surface area contributed by atoms with Gasteiger partial charge in [-0.3, -0.25) is 14.5 Å². The third kappa shape index (κ3) is 4.35. The van der Waals surface area contributed by atoms with Crippen LogP contribution in [-0.4, -0.2) is 33.8 Å². The van der Waals surface area contributed by atoms with E-state index < -0.39 is 0 Å². The van der Waals surface area contributed by atoms with Gasteiger partial charge in [-0.1, -0.05) is 40.9 Å². The number of thiol groups is 1. The molecule has 5 heteroatoms. The highest BCUT2D eigenvalue weighted by molar-refractivity contribution is 9.09. The van der Waals surface area contributed by atoms with E-state index in [0.717, 1.165) is 31.0 Å². The van der Waals surface area contributed by atoms with Crippen molar-refractivity contribution >= 4 is 40.4 Å². The summed E-state index contributed by atoms with van der Waals surface area (Å²) in [5, 5.41) is 1.47. The van der Waals surface area contributed by atoms with Crippen LogP contribution in [0.5, 0.6) is 0 Å². The van der Waals surface area contributed by atoms with Gasteiger partial charge in [0.2, 0.25) is 0 Å². The number of carbonyl (C=O) groups excluding carboxylic acids is 2. The summed E-state index contributed by atoms with van der Waals surface area (Å²) in [5.41, 5.74) is 1.07. The maximum Gasteiger partial charge on any atom is 0.261 e. The standard InChI is InChI=1S/C17H22BrNO2S/c18-11-5-3-7-13(22)8-4-6-12-19-16(20)14-9-1-2-10-15(14)17(19)21/h1-2,9-10,13,22H,3-8,11-12H2. The summed E-state index contributed by atoms with van der Waals surface area (Å²) in [6.07, 6.45) is 6.39. The Balaban J connectivity index is 1.72. The van der Waals surface area contributed by atoms with Crippen LogP contribution in [0, 0.1) is 0 Å². The number of hydrogen-bond donors (Lipinski definition) is 1. The van der Waals surface area contributed by atoms with Gasteiger partial charge in [0.1, 0.15) is 0 Å². The van der Waals surface area contributed by atoms with Crippen LogP contribution in [0.4, 0.5) is 0 Å². The number of carbonyl (C=O) groups is 2. The first-order valence-electron chi connectivity index (χ1n) is 7.84. The predicted octanol–water partition coefficient (Wildman–Crippen LogP) is 4.32. The summed E-state index contributed by atoms with van der Waals surface area (Å²) in [4.78, 5) is 25.8. The molecule has 22 heavy (non-hydrogen) atoms. The Labute approximate surface area is 146 Å². The van der Waals surface area contributed by atoms with Crippen molar-refractivity contribution in [3.63, 3.8) is 0 Å². The monoisotopic (exact) mass is 383 g/mol. The van der Waals surface area contributed by atoms with E-state index >= 15 is 0 Å². The van der Waals surface area contributed by atoms with Crippen molar-refractivity contribution in [2.24, 2.45) is 0 Å². The summed E-state index contributed by atoms with van der Waals surface area (Å²) in [7, 11) is 0. The lowest BCUT2D eigenvalue weighted by Gasteiger charge is -2.14. The van der Waals surface area contributed by atoms with E-state index in [1.807, 2.05) is 0 Å². The molecule has 1 aromatic rings. The fourth-order valence-corrected chi connectivity index (χ4v) is 3.47. The molecule has 3 nitrogen and oxygen atoms in total. The number of fused-ring (bicyclic) bond motifs is 1. The van der Waals surface area contributed by atoms with Gasteiger partial charge in [0.05, 0.1) is 11.1 Å². The van der Waals surface area contributed by atoms with E-state index in [2.05, 4.69) is 28.6 Å². The smallest absolute Gasteiger partial charge is 0.261 e. The number of hydrogen-bond acceptors (Lipinski definition) is 3. The van der Waals surface area contributed by atoms with Crippen molar-refractivity contribution in [1.82, 2.24) is 4.90 Å². The second kappa shape index (κ2) is 8.73. The third-order valence-electron chi connectivity index (χ3n) is 3.97. The minimum atomic E-state index is -0.152. The first-order valence-corrected chi connectivity index (χ1v) is 9.48. The lowest BCUT2D eigenvalue weighted by atomic mass is 10.1. The molecule has 0 N–H and O–H groups in total. The van der Waals surface area contributed by atoms with E-state index in [9.17, 15) is 9.59 Å². The zero-order chi connectivity index (χ0) is 15.9. The zero-order valence-electron chi connectivity index (χ0n) is 12.6. The molecule has 1 atom stereocenters. The van der Waals surface area contributed by atoms with Crippen molar-refractivity contribution in [2.75, 3.05) is 11.9 Å². The van der Waals surface area contributed by atoms with Gasteiger partial charge in [-0.15, -0.1) is 0 Å². The fourth-order valence-electron chi connectivity index (χ4n) is 2.71. The Morgan fingerprint density at radius 2 is 1.50 bits per heavy atom. The maximum atomic E-state index is 12.2. The number of rotatable bonds is 9. The summed E-state index contributed by atoms with van der Waals surface area (Å²) in [5.74, 6) is -0.305. The molecule has 120 valence electrons. The number of benzene rings is 1. The van der Waals surface area contributed by atoms with Crippen LogP contribution in [-0.2, 0) is 0 Å². The number of imide groups is 1. The van der Waals surface area contributed by atoms with E-state index in [-0.39, 0.29) is 11.8 Å². The van der Waals surface area contributed by atoms with Gasteiger partial charge >= 0.3 is 0 Å². The van der Waals surface area contributed by atoms with Crippen LogP contribution in [0.1, 0.15) is 59.2 Å². The molecule has 2 amide bonds. The number of nitrogens with zero attached hydrogens (tertiary/aromatic N) is 1. The highest BCUT2D eigenvalue weighted by Gasteiger charge is 2.34. The summed E-state index contributed by atoms with van der Waals surface area (Å²) >= 11 is 8.03. The van der Waals surface area contributed by atoms with Gasteiger partial charge in [0.15, 0.2) is 0 Å². The van der Waals surface area contributed by atoms with E-state index in [1.54, 1.807) is 24.3 Å². The maximum absolute atomic E-state index is 12.2. The Kier molecular flexibility index (Phi) is 6.96. The molecule has 1 aliphatic heterocycles. The van der Waals surface area contributed by atoms with Crippen molar-refractivity contribution in [1.29, 1.82) is 0 Å². The van der Waals surface area contributed by atoms with Crippen LogP contribution in [0.2, 0.25) is 0 Å². The van der Waals surface area contributed by atoms with Crippen LogP contribution in [0.3, 0.4) is 0 Å². The topological polar surface area (TPSA) is 37.4 Å². The lowest BCUT2D eigenvalue weighted by molar-refractivity contribution is 0.0651. The Bertz CT molecular complexity index is 500. The molecular formula is C17H22BrNO2S. The van der Waals surface area contributed by atoms with E-state index in [4.69, 9.17) is 0 Å². The molecule has 0 aliphatic carbocycles. The van der Waals surface area contributed by atoms with Crippen LogP contribution in [0.25, 0.3) is 0 Å². The number of alkyl halides is 1. The molecule has 0 spiro atoms. The molecule has 0 saturated heterocycles. The van der Waals surface area contributed by atoms with Crippen LogP contribution in [0.15, 0.2) is 24.3 Å².